The Hall–Kier alpha value is -8.06. The highest BCUT2D eigenvalue weighted by Gasteiger charge is 2.26. The Bertz CT molecular complexity index is 3920. The third-order valence-corrected chi connectivity index (χ3v) is 14.0. The Morgan fingerprint density at radius 1 is 0.676 bits per heavy atom. The lowest BCUT2D eigenvalue weighted by atomic mass is 10.1. The largest absolute Gasteiger partial charge is 0.339 e. The maximum absolute atomic E-state index is 12.6. The van der Waals surface area contributed by atoms with Crippen molar-refractivity contribution in [1.29, 1.82) is 5.26 Å². The smallest absolute Gasteiger partial charge is 0.295 e. The van der Waals surface area contributed by atoms with Gasteiger partial charge in [-0.05, 0) is 79.7 Å². The van der Waals surface area contributed by atoms with Crippen molar-refractivity contribution in [3.8, 4) is 17.3 Å². The first-order valence-corrected chi connectivity index (χ1v) is 25.8. The lowest BCUT2D eigenvalue weighted by molar-refractivity contribution is -0.384. The number of non-ortho nitro benzene ring substituents is 1. The number of azo groups is 2. The fourth-order valence-corrected chi connectivity index (χ4v) is 9.62. The molecule has 7 N–H and O–H groups in total. The van der Waals surface area contributed by atoms with E-state index in [1.807, 2.05) is 6.07 Å². The van der Waals surface area contributed by atoms with Crippen LogP contribution in [0.5, 0.6) is 0 Å². The second-order valence-corrected chi connectivity index (χ2v) is 21.1. The second kappa shape index (κ2) is 19.4. The molecule has 0 spiro atoms. The number of nitrogens with zero attached hydrogens (tertiary/aromatic N) is 8. The van der Waals surface area contributed by atoms with Crippen molar-refractivity contribution in [2.45, 2.75) is 33.4 Å². The average molecular weight is 1060 g/mol. The maximum atomic E-state index is 12.6. The highest BCUT2D eigenvalue weighted by atomic mass is 32.2. The molecular formula is C40H29N11O15S5. The summed E-state index contributed by atoms with van der Waals surface area (Å²) in [6, 6.07) is 20.4. The van der Waals surface area contributed by atoms with Crippen LogP contribution in [0.15, 0.2) is 137 Å². The fourth-order valence-electron chi connectivity index (χ4n) is 6.49. The molecular weight excluding hydrogens is 1030 g/mol. The number of benzene rings is 5. The summed E-state index contributed by atoms with van der Waals surface area (Å²) in [6.07, 6.45) is 0. The number of carbonyl (C=O) groups excluding carboxylic acids is 1. The van der Waals surface area contributed by atoms with Crippen LogP contribution in [0.2, 0.25) is 0 Å². The van der Waals surface area contributed by atoms with E-state index in [1.165, 1.54) is 62.4 Å². The Balaban J connectivity index is 1.37. The van der Waals surface area contributed by atoms with Crippen molar-refractivity contribution in [1.82, 2.24) is 9.97 Å². The van der Waals surface area contributed by atoms with Crippen LogP contribution >= 0.6 is 11.3 Å². The summed E-state index contributed by atoms with van der Waals surface area (Å²) in [5, 5.41) is 45.9. The molecule has 31 heteroatoms. The van der Waals surface area contributed by atoms with Crippen LogP contribution in [0.3, 0.4) is 0 Å². The van der Waals surface area contributed by atoms with Gasteiger partial charge in [0.15, 0.2) is 16.6 Å². The topological polar surface area (TPSA) is 413 Å². The normalized spacial score (nSPS) is 12.3. The lowest BCUT2D eigenvalue weighted by Crippen LogP contribution is -2.05. The molecule has 0 unspecified atom stereocenters. The van der Waals surface area contributed by atoms with Gasteiger partial charge in [0.25, 0.3) is 46.2 Å². The number of hydrogen-bond donors (Lipinski definition) is 7. The van der Waals surface area contributed by atoms with Gasteiger partial charge in [0, 0.05) is 58.0 Å². The minimum absolute atomic E-state index is 0.0523. The second-order valence-electron chi connectivity index (χ2n) is 14.5. The molecule has 0 radical (unpaired) electrons. The average Bonchev–Trinajstić information content (AvgIpc) is 3.69. The molecule has 0 aliphatic heterocycles. The number of fused-ring (bicyclic) bond motifs is 1. The van der Waals surface area contributed by atoms with Crippen LogP contribution in [0, 0.1) is 28.4 Å². The van der Waals surface area contributed by atoms with E-state index in [1.54, 1.807) is 0 Å². The van der Waals surface area contributed by atoms with Crippen LogP contribution in [-0.4, -0.2) is 72.7 Å². The number of nitriles is 1. The van der Waals surface area contributed by atoms with Crippen molar-refractivity contribution in [2.24, 2.45) is 20.5 Å². The molecule has 0 atom stereocenters. The minimum Gasteiger partial charge on any atom is -0.339 e. The minimum atomic E-state index is -5.27. The molecule has 0 bridgehead atoms. The van der Waals surface area contributed by atoms with E-state index in [2.05, 4.69) is 46.4 Å². The van der Waals surface area contributed by atoms with Crippen molar-refractivity contribution < 1.29 is 61.6 Å². The zero-order chi connectivity index (χ0) is 51.8. The van der Waals surface area contributed by atoms with Crippen LogP contribution < -0.4 is 16.0 Å². The first kappa shape index (κ1) is 50.8. The zero-order valence-corrected chi connectivity index (χ0v) is 39.7. The van der Waals surface area contributed by atoms with E-state index in [9.17, 15) is 72.1 Å². The van der Waals surface area contributed by atoms with Gasteiger partial charge in [-0.3, -0.25) is 33.1 Å². The number of carbonyl (C=O) groups is 1. The lowest BCUT2D eigenvalue weighted by Gasteiger charge is -2.16. The van der Waals surface area contributed by atoms with E-state index in [0.29, 0.717) is 23.4 Å². The van der Waals surface area contributed by atoms with Gasteiger partial charge >= 0.3 is 0 Å². The summed E-state index contributed by atoms with van der Waals surface area (Å²) in [5.41, 5.74) is -0.212. The third kappa shape index (κ3) is 11.7. The Kier molecular flexibility index (Phi) is 13.9. The van der Waals surface area contributed by atoms with Gasteiger partial charge in [0.05, 0.1) is 26.0 Å². The predicted molar refractivity (Wildman–Crippen MR) is 253 cm³/mol. The highest BCUT2D eigenvalue weighted by Crippen LogP contribution is 2.44. The molecule has 7 aromatic rings. The Labute approximate surface area is 404 Å². The SMILES string of the molecule is CC(=O)Nc1ccc(-c2nc(N=Nc3c(Nc4ccc(S(=O)(=O)O)cc4)nc(Nc4ccc(S(=O)(=O)O)cc4)c(C#N)c3C)sc2N=Nc2cc(S(=O)(=O)O)c3cc([N+](=O)[O-])cc(S(=O)(=O)O)c3c2)cc1. The standard InChI is InChI=1S/C40H29N11O15S5/c1-20-32(19-41)37(43-24-7-11-28(12-8-24)68(55,56)57)46-38(44-25-9-13-29(14-10-25)69(58,59)60)35(20)48-50-40-45-36(22-3-5-23(6-4-22)42-21(2)52)39(67-40)49-47-26-15-30-31(33(16-26)70(61,62)63)17-27(51(53)54)18-34(30)71(64,65)66/h3-18H,1-2H3,(H,42,52)(H2,43,44,46)(H,55,56,57)(H,58,59,60)(H,61,62,63)(H,64,65,66). The monoisotopic (exact) mass is 1060 g/mol. The number of thiazole rings is 1. The molecule has 1 amide bonds. The van der Waals surface area contributed by atoms with Crippen LogP contribution in [0.4, 0.5) is 55.9 Å². The molecule has 71 heavy (non-hydrogen) atoms. The van der Waals surface area contributed by atoms with E-state index in [4.69, 9.17) is 0 Å². The predicted octanol–water partition coefficient (Wildman–Crippen LogP) is 8.71. The van der Waals surface area contributed by atoms with Crippen molar-refractivity contribution in [2.75, 3.05) is 16.0 Å². The molecule has 364 valence electrons. The van der Waals surface area contributed by atoms with Gasteiger partial charge < -0.3 is 16.0 Å². The number of nitro benzene ring substituents is 1. The van der Waals surface area contributed by atoms with E-state index in [0.717, 1.165) is 47.7 Å². The number of nitrogens with one attached hydrogen (secondary N) is 3. The van der Waals surface area contributed by atoms with Crippen LogP contribution in [0.1, 0.15) is 18.1 Å². The summed E-state index contributed by atoms with van der Waals surface area (Å²) >= 11 is 0.731. The van der Waals surface area contributed by atoms with Crippen molar-refractivity contribution >= 4 is 124 Å². The Morgan fingerprint density at radius 2 is 1.20 bits per heavy atom. The molecule has 0 saturated carbocycles. The number of rotatable bonds is 15. The van der Waals surface area contributed by atoms with E-state index in [-0.39, 0.29) is 61.6 Å². The van der Waals surface area contributed by atoms with Crippen molar-refractivity contribution in [3.05, 3.63) is 118 Å². The Morgan fingerprint density at radius 3 is 1.70 bits per heavy atom. The summed E-state index contributed by atoms with van der Waals surface area (Å²) in [7, 11) is -19.7. The quantitative estimate of drug-likeness (QED) is 0.0218. The van der Waals surface area contributed by atoms with Crippen LogP contribution in [-0.2, 0) is 45.3 Å². The van der Waals surface area contributed by atoms with Gasteiger partial charge in [-0.1, -0.05) is 23.5 Å². The highest BCUT2D eigenvalue weighted by molar-refractivity contribution is 7.86. The number of aromatic nitrogens is 2. The summed E-state index contributed by atoms with van der Waals surface area (Å²) < 4.78 is 136. The number of pyridine rings is 1. The molecule has 7 rings (SSSR count). The van der Waals surface area contributed by atoms with Crippen LogP contribution in [0.25, 0.3) is 22.0 Å². The maximum Gasteiger partial charge on any atom is 0.295 e. The summed E-state index contributed by atoms with van der Waals surface area (Å²) in [4.78, 5) is 28.4. The van der Waals surface area contributed by atoms with Gasteiger partial charge in [-0.25, -0.2) is 9.97 Å². The molecule has 5 aromatic carbocycles. The summed E-state index contributed by atoms with van der Waals surface area (Å²) in [6.45, 7) is 2.77. The van der Waals surface area contributed by atoms with E-state index < -0.39 is 87.1 Å². The van der Waals surface area contributed by atoms with Gasteiger partial charge in [-0.15, -0.1) is 20.5 Å². The molecule has 26 nitrogen and oxygen atoms in total. The first-order chi connectivity index (χ1) is 33.2. The molecule has 2 aromatic heterocycles. The zero-order valence-electron chi connectivity index (χ0n) is 35.6. The van der Waals surface area contributed by atoms with Gasteiger partial charge in [0.1, 0.15) is 27.2 Å². The molecule has 0 aliphatic carbocycles. The molecule has 0 fully saturated rings. The third-order valence-electron chi connectivity index (χ3n) is 9.66. The van der Waals surface area contributed by atoms with Crippen molar-refractivity contribution in [3.63, 3.8) is 0 Å². The molecule has 0 aliphatic rings. The van der Waals surface area contributed by atoms with E-state index >= 15 is 0 Å². The number of nitro groups is 1. The first-order valence-electron chi connectivity index (χ1n) is 19.3. The fraction of sp³-hybridized carbons (Fsp3) is 0.0500. The molecule has 0 saturated heterocycles. The number of amides is 1. The number of anilines is 5. The summed E-state index contributed by atoms with van der Waals surface area (Å²) in [5.74, 6) is -0.565. The van der Waals surface area contributed by atoms with Gasteiger partial charge in [-0.2, -0.15) is 38.9 Å². The number of hydrogen-bond acceptors (Lipinski definition) is 21. The van der Waals surface area contributed by atoms with Gasteiger partial charge in [0.2, 0.25) is 11.0 Å². The molecule has 2 heterocycles.